The topological polar surface area (TPSA) is 55.1 Å². The number of hydrogen-bond acceptors (Lipinski definition) is 2. The number of rotatable bonds is 1. The standard InChI is InChI=1S/C6H12N2O.Ar.2H2/c7-6(9)5-2-1-3-8-4-5;;;/h5,8H,1-4H2,(H2,7,9);;2*1H/t5-;;;/m0.../s1. The van der Waals surface area contributed by atoms with E-state index >= 15 is 0 Å². The summed E-state index contributed by atoms with van der Waals surface area (Å²) < 4.78 is 0. The van der Waals surface area contributed by atoms with Crippen molar-refractivity contribution in [2.24, 2.45) is 11.7 Å². The Bertz CT molecular complexity index is 120. The van der Waals surface area contributed by atoms with Crippen molar-refractivity contribution in [2.75, 3.05) is 13.1 Å². The van der Waals surface area contributed by atoms with Crippen LogP contribution >= 0.6 is 0 Å². The van der Waals surface area contributed by atoms with Crippen molar-refractivity contribution in [1.82, 2.24) is 5.32 Å². The largest absolute Gasteiger partial charge is 0.369 e. The summed E-state index contributed by atoms with van der Waals surface area (Å²) in [5, 5.41) is 3.12. The normalized spacial score (nSPS) is 25.0. The Morgan fingerprint density at radius 1 is 1.70 bits per heavy atom. The van der Waals surface area contributed by atoms with Crippen LogP contribution in [0, 0.1) is 43.7 Å². The molecule has 4 heteroatoms. The Hall–Kier alpha value is 0.690. The molecule has 1 rings (SSSR count). The molecule has 3 N–H and O–H groups in total. The summed E-state index contributed by atoms with van der Waals surface area (Å²) in [6.45, 7) is 1.80. The summed E-state index contributed by atoms with van der Waals surface area (Å²) in [4.78, 5) is 10.5. The van der Waals surface area contributed by atoms with Gasteiger partial charge in [-0.2, -0.15) is 0 Å². The average Bonchev–Trinajstić information content (AvgIpc) is 1.90. The van der Waals surface area contributed by atoms with E-state index in [4.69, 9.17) is 5.73 Å². The van der Waals surface area contributed by atoms with Crippen molar-refractivity contribution in [3.05, 3.63) is 0 Å². The van der Waals surface area contributed by atoms with Crippen LogP contribution in [0.1, 0.15) is 15.7 Å². The molecular formula is C6H16ArN2O. The van der Waals surface area contributed by atoms with Crippen molar-refractivity contribution in [2.45, 2.75) is 12.8 Å². The predicted molar refractivity (Wildman–Crippen MR) is 39.0 cm³/mol. The van der Waals surface area contributed by atoms with Crippen molar-refractivity contribution < 1.29 is 45.4 Å². The maximum atomic E-state index is 10.5. The molecule has 0 aromatic carbocycles. The fourth-order valence-corrected chi connectivity index (χ4v) is 1.09. The third-order valence-corrected chi connectivity index (χ3v) is 1.70. The van der Waals surface area contributed by atoms with Crippen LogP contribution in [-0.4, -0.2) is 19.0 Å². The van der Waals surface area contributed by atoms with Crippen LogP contribution in [0.15, 0.2) is 0 Å². The molecule has 64 valence electrons. The molecule has 0 radical (unpaired) electrons. The smallest absolute Gasteiger partial charge is 0.221 e. The maximum Gasteiger partial charge on any atom is 0.221 e. The SMILES string of the molecule is NC(=O)[C@H]1CCCNC1.[Ar].[HH].[HH]. The van der Waals surface area contributed by atoms with E-state index in [0.717, 1.165) is 25.9 Å². The van der Waals surface area contributed by atoms with Gasteiger partial charge >= 0.3 is 0 Å². The number of nitrogens with one attached hydrogen (secondary N) is 1. The van der Waals surface area contributed by atoms with Crippen LogP contribution in [0.3, 0.4) is 0 Å². The summed E-state index contributed by atoms with van der Waals surface area (Å²) in [5.74, 6) is -0.0825. The fourth-order valence-electron chi connectivity index (χ4n) is 1.09. The van der Waals surface area contributed by atoms with E-state index in [9.17, 15) is 4.79 Å². The van der Waals surface area contributed by atoms with E-state index in [1.807, 2.05) is 0 Å². The summed E-state index contributed by atoms with van der Waals surface area (Å²) in [6, 6.07) is 0. The number of carbonyl (C=O) groups excluding carboxylic acids is 1. The van der Waals surface area contributed by atoms with Gasteiger partial charge in [0.15, 0.2) is 0 Å². The van der Waals surface area contributed by atoms with Crippen LogP contribution in [0.4, 0.5) is 0 Å². The van der Waals surface area contributed by atoms with Gasteiger partial charge in [0.25, 0.3) is 0 Å². The van der Waals surface area contributed by atoms with Crippen molar-refractivity contribution in [3.63, 3.8) is 0 Å². The first-order chi connectivity index (χ1) is 4.30. The Balaban J connectivity index is -0.000000270. The molecule has 0 bridgehead atoms. The zero-order valence-electron chi connectivity index (χ0n) is 5.74. The van der Waals surface area contributed by atoms with E-state index < -0.39 is 0 Å². The first-order valence-corrected chi connectivity index (χ1v) is 3.31. The Kier molecular flexibility index (Phi) is 5.72. The summed E-state index contributed by atoms with van der Waals surface area (Å²) in [5.41, 5.74) is 5.09. The quantitative estimate of drug-likeness (QED) is 0.583. The number of carbonyl (C=O) groups is 1. The monoisotopic (exact) mass is 172 g/mol. The van der Waals surface area contributed by atoms with Gasteiger partial charge in [0, 0.05) is 47.1 Å². The van der Waals surface area contributed by atoms with E-state index in [1.54, 1.807) is 0 Å². The van der Waals surface area contributed by atoms with Crippen LogP contribution in [0.25, 0.3) is 0 Å². The molecule has 0 spiro atoms. The number of primary amides is 1. The predicted octanol–water partition coefficient (Wildman–Crippen LogP) is -0.0367. The molecule has 0 unspecified atom stereocenters. The third-order valence-electron chi connectivity index (χ3n) is 1.70. The van der Waals surface area contributed by atoms with E-state index in [0.29, 0.717) is 0 Å². The van der Waals surface area contributed by atoms with E-state index in [1.165, 1.54) is 0 Å². The third kappa shape index (κ3) is 3.19. The zero-order chi connectivity index (χ0) is 6.69. The van der Waals surface area contributed by atoms with Gasteiger partial charge in [-0.05, 0) is 19.4 Å². The Morgan fingerprint density at radius 2 is 2.40 bits per heavy atom. The van der Waals surface area contributed by atoms with Crippen LogP contribution in [0.2, 0.25) is 0 Å². The number of piperidine rings is 1. The second-order valence-corrected chi connectivity index (χ2v) is 2.45. The molecule has 0 saturated carbocycles. The van der Waals surface area contributed by atoms with Crippen molar-refractivity contribution >= 4 is 5.91 Å². The van der Waals surface area contributed by atoms with Gasteiger partial charge in [0.2, 0.25) is 5.91 Å². The van der Waals surface area contributed by atoms with Gasteiger partial charge in [-0.1, -0.05) is 0 Å². The number of hydrogen-bond donors (Lipinski definition) is 2. The molecule has 1 fully saturated rings. The van der Waals surface area contributed by atoms with Gasteiger partial charge in [0.1, 0.15) is 0 Å². The summed E-state index contributed by atoms with van der Waals surface area (Å²) in [7, 11) is 0. The van der Waals surface area contributed by atoms with Crippen molar-refractivity contribution in [1.29, 1.82) is 0 Å². The minimum Gasteiger partial charge on any atom is -0.369 e. The molecule has 0 aromatic heterocycles. The molecule has 10 heavy (non-hydrogen) atoms. The Labute approximate surface area is 93.7 Å². The molecule has 3 nitrogen and oxygen atoms in total. The van der Waals surface area contributed by atoms with Gasteiger partial charge in [-0.3, -0.25) is 4.79 Å². The molecule has 1 atom stereocenters. The molecule has 1 amide bonds. The van der Waals surface area contributed by atoms with Gasteiger partial charge in [-0.15, -0.1) is 0 Å². The van der Waals surface area contributed by atoms with E-state index in [2.05, 4.69) is 5.32 Å². The first kappa shape index (κ1) is 10.7. The summed E-state index contributed by atoms with van der Waals surface area (Å²) >= 11 is 0. The first-order valence-electron chi connectivity index (χ1n) is 3.31. The average molecular weight is 172 g/mol. The molecule has 1 aliphatic rings. The van der Waals surface area contributed by atoms with Gasteiger partial charge < -0.3 is 11.1 Å². The second kappa shape index (κ2) is 5.35. The van der Waals surface area contributed by atoms with Gasteiger partial charge in [0.05, 0.1) is 5.92 Å². The van der Waals surface area contributed by atoms with Gasteiger partial charge in [-0.25, -0.2) is 0 Å². The molecule has 0 aliphatic carbocycles. The zero-order valence-corrected chi connectivity index (χ0v) is 6.45. The molecule has 1 saturated heterocycles. The molecule has 0 aromatic rings. The molecular weight excluding hydrogens is 156 g/mol. The van der Waals surface area contributed by atoms with E-state index in [-0.39, 0.29) is 52.4 Å². The molecule has 1 heterocycles. The number of nitrogens with two attached hydrogens (primary N) is 1. The van der Waals surface area contributed by atoms with Crippen LogP contribution < -0.4 is 11.1 Å². The number of amides is 1. The van der Waals surface area contributed by atoms with Crippen molar-refractivity contribution in [3.8, 4) is 0 Å². The maximum absolute atomic E-state index is 10.5. The summed E-state index contributed by atoms with van der Waals surface area (Å²) in [6.07, 6.45) is 2.04. The van der Waals surface area contributed by atoms with Crippen LogP contribution in [0.5, 0.6) is 0 Å². The second-order valence-electron chi connectivity index (χ2n) is 2.45. The van der Waals surface area contributed by atoms with Crippen LogP contribution in [-0.2, 0) is 4.79 Å². The minimum atomic E-state index is -0.165. The fraction of sp³-hybridized carbons (Fsp3) is 0.833. The molecule has 1 aliphatic heterocycles. The minimum absolute atomic E-state index is 0. The Morgan fingerprint density at radius 3 is 2.70 bits per heavy atom.